The van der Waals surface area contributed by atoms with Gasteiger partial charge in [-0.2, -0.15) is 0 Å². The lowest BCUT2D eigenvalue weighted by Gasteiger charge is -2.16. The standard InChI is InChI=1S/C13H14ClNO3S/c1-7(16)19-6-11(17)13(18)8-5-15-10-4-2-3-9(14)12(8)10/h2-5,11,13,15,17-18H,6H2,1H3. The number of carbonyl (C=O) groups is 1. The highest BCUT2D eigenvalue weighted by Gasteiger charge is 2.23. The molecule has 0 saturated carbocycles. The summed E-state index contributed by atoms with van der Waals surface area (Å²) in [6, 6.07) is 5.37. The predicted octanol–water partition coefficient (Wildman–Crippen LogP) is 2.50. The molecule has 0 aliphatic rings. The SMILES string of the molecule is CC(=O)SCC(O)C(O)c1c[nH]c2cccc(Cl)c12. The van der Waals surface area contributed by atoms with E-state index in [1.165, 1.54) is 6.92 Å². The summed E-state index contributed by atoms with van der Waals surface area (Å²) in [6.45, 7) is 1.42. The maximum Gasteiger partial charge on any atom is 0.185 e. The molecule has 1 aromatic heterocycles. The van der Waals surface area contributed by atoms with Crippen LogP contribution < -0.4 is 0 Å². The molecule has 1 aromatic carbocycles. The lowest BCUT2D eigenvalue weighted by molar-refractivity contribution is -0.109. The summed E-state index contributed by atoms with van der Waals surface area (Å²) in [5, 5.41) is 21.2. The number of aliphatic hydroxyl groups is 2. The van der Waals surface area contributed by atoms with Crippen LogP contribution in [0.5, 0.6) is 0 Å². The van der Waals surface area contributed by atoms with Crippen molar-refractivity contribution in [1.29, 1.82) is 0 Å². The Morgan fingerprint density at radius 2 is 2.21 bits per heavy atom. The second-order valence-corrected chi connectivity index (χ2v) is 5.83. The number of rotatable bonds is 4. The fourth-order valence-electron chi connectivity index (χ4n) is 1.90. The predicted molar refractivity (Wildman–Crippen MR) is 77.4 cm³/mol. The van der Waals surface area contributed by atoms with Gasteiger partial charge < -0.3 is 15.2 Å². The van der Waals surface area contributed by atoms with E-state index in [0.717, 1.165) is 17.3 Å². The number of hydrogen-bond donors (Lipinski definition) is 3. The molecule has 1 heterocycles. The number of hydrogen-bond acceptors (Lipinski definition) is 4. The maximum absolute atomic E-state index is 10.9. The minimum Gasteiger partial charge on any atom is -0.389 e. The third-order valence-corrected chi connectivity index (χ3v) is 4.06. The number of H-pyrrole nitrogens is 1. The van der Waals surface area contributed by atoms with Crippen LogP contribution in [0.4, 0.5) is 0 Å². The lowest BCUT2D eigenvalue weighted by Crippen LogP contribution is -2.21. The maximum atomic E-state index is 10.9. The summed E-state index contributed by atoms with van der Waals surface area (Å²) in [5.41, 5.74) is 1.34. The summed E-state index contributed by atoms with van der Waals surface area (Å²) in [7, 11) is 0. The Labute approximate surface area is 119 Å². The summed E-state index contributed by atoms with van der Waals surface area (Å²) in [5.74, 6) is 0.146. The van der Waals surface area contributed by atoms with Gasteiger partial charge in [-0.3, -0.25) is 4.79 Å². The number of halogens is 1. The first-order chi connectivity index (χ1) is 9.00. The van der Waals surface area contributed by atoms with Crippen LogP contribution in [0.15, 0.2) is 24.4 Å². The van der Waals surface area contributed by atoms with Crippen molar-refractivity contribution in [2.24, 2.45) is 0 Å². The summed E-state index contributed by atoms with van der Waals surface area (Å²) >= 11 is 7.09. The largest absolute Gasteiger partial charge is 0.389 e. The normalized spacial score (nSPS) is 14.5. The van der Waals surface area contributed by atoms with Gasteiger partial charge in [0, 0.05) is 35.3 Å². The van der Waals surface area contributed by atoms with E-state index in [2.05, 4.69) is 4.98 Å². The number of aromatic nitrogens is 1. The van der Waals surface area contributed by atoms with E-state index in [-0.39, 0.29) is 10.9 Å². The fraction of sp³-hybridized carbons (Fsp3) is 0.308. The number of fused-ring (bicyclic) bond motifs is 1. The summed E-state index contributed by atoms with van der Waals surface area (Å²) in [4.78, 5) is 13.9. The van der Waals surface area contributed by atoms with Gasteiger partial charge in [-0.1, -0.05) is 29.4 Å². The number of aliphatic hydroxyl groups excluding tert-OH is 2. The molecule has 0 spiro atoms. The molecule has 102 valence electrons. The number of aromatic amines is 1. The van der Waals surface area contributed by atoms with Crippen LogP contribution in [-0.4, -0.2) is 32.2 Å². The zero-order chi connectivity index (χ0) is 14.0. The van der Waals surface area contributed by atoms with Crippen molar-refractivity contribution in [3.63, 3.8) is 0 Å². The van der Waals surface area contributed by atoms with E-state index in [1.807, 2.05) is 6.07 Å². The third kappa shape index (κ3) is 3.12. The van der Waals surface area contributed by atoms with Crippen LogP contribution in [0.2, 0.25) is 5.02 Å². The van der Waals surface area contributed by atoms with E-state index in [0.29, 0.717) is 16.0 Å². The second kappa shape index (κ2) is 5.96. The molecule has 2 atom stereocenters. The second-order valence-electron chi connectivity index (χ2n) is 4.22. The molecule has 2 rings (SSSR count). The highest BCUT2D eigenvalue weighted by atomic mass is 35.5. The molecule has 0 fully saturated rings. The zero-order valence-electron chi connectivity index (χ0n) is 10.3. The minimum atomic E-state index is -1.08. The quantitative estimate of drug-likeness (QED) is 0.811. The molecular formula is C13H14ClNO3S. The molecule has 0 aliphatic carbocycles. The molecule has 0 amide bonds. The average molecular weight is 300 g/mol. The van der Waals surface area contributed by atoms with Crippen molar-refractivity contribution in [3.8, 4) is 0 Å². The number of thioether (sulfide) groups is 1. The first kappa shape index (κ1) is 14.4. The van der Waals surface area contributed by atoms with Crippen molar-refractivity contribution in [3.05, 3.63) is 35.0 Å². The van der Waals surface area contributed by atoms with Crippen molar-refractivity contribution >= 4 is 39.4 Å². The number of benzene rings is 1. The Morgan fingerprint density at radius 1 is 1.47 bits per heavy atom. The van der Waals surface area contributed by atoms with Gasteiger partial charge in [0.25, 0.3) is 0 Å². The van der Waals surface area contributed by atoms with Crippen LogP contribution >= 0.6 is 23.4 Å². The molecule has 2 unspecified atom stereocenters. The van der Waals surface area contributed by atoms with Gasteiger partial charge in [0.05, 0.1) is 11.1 Å². The Balaban J connectivity index is 2.26. The van der Waals surface area contributed by atoms with Gasteiger partial charge in [-0.05, 0) is 12.1 Å². The highest BCUT2D eigenvalue weighted by molar-refractivity contribution is 8.13. The van der Waals surface area contributed by atoms with Crippen LogP contribution in [0.25, 0.3) is 10.9 Å². The molecule has 0 saturated heterocycles. The van der Waals surface area contributed by atoms with Crippen LogP contribution in [0.3, 0.4) is 0 Å². The molecule has 2 aromatic rings. The number of nitrogens with one attached hydrogen (secondary N) is 1. The van der Waals surface area contributed by atoms with E-state index in [4.69, 9.17) is 11.6 Å². The van der Waals surface area contributed by atoms with Crippen molar-refractivity contribution < 1.29 is 15.0 Å². The van der Waals surface area contributed by atoms with Crippen molar-refractivity contribution in [2.45, 2.75) is 19.1 Å². The molecule has 3 N–H and O–H groups in total. The van der Waals surface area contributed by atoms with E-state index in [9.17, 15) is 15.0 Å². The van der Waals surface area contributed by atoms with E-state index >= 15 is 0 Å². The molecule has 19 heavy (non-hydrogen) atoms. The Morgan fingerprint density at radius 3 is 2.89 bits per heavy atom. The third-order valence-electron chi connectivity index (χ3n) is 2.83. The van der Waals surface area contributed by atoms with Gasteiger partial charge >= 0.3 is 0 Å². The van der Waals surface area contributed by atoms with Crippen LogP contribution in [-0.2, 0) is 4.79 Å². The highest BCUT2D eigenvalue weighted by Crippen LogP contribution is 2.32. The molecular weight excluding hydrogens is 286 g/mol. The van der Waals surface area contributed by atoms with Crippen molar-refractivity contribution in [2.75, 3.05) is 5.75 Å². The smallest absolute Gasteiger partial charge is 0.185 e. The Bertz CT molecular complexity index is 599. The van der Waals surface area contributed by atoms with Gasteiger partial charge in [0.2, 0.25) is 0 Å². The Kier molecular flexibility index (Phi) is 4.52. The van der Waals surface area contributed by atoms with E-state index in [1.54, 1.807) is 18.3 Å². The minimum absolute atomic E-state index is 0.0943. The monoisotopic (exact) mass is 299 g/mol. The van der Waals surface area contributed by atoms with Crippen LogP contribution in [0.1, 0.15) is 18.6 Å². The van der Waals surface area contributed by atoms with Crippen molar-refractivity contribution in [1.82, 2.24) is 4.98 Å². The summed E-state index contributed by atoms with van der Waals surface area (Å²) < 4.78 is 0. The molecule has 0 radical (unpaired) electrons. The molecule has 4 nitrogen and oxygen atoms in total. The molecule has 0 aliphatic heterocycles. The lowest BCUT2D eigenvalue weighted by atomic mass is 10.0. The van der Waals surface area contributed by atoms with Gasteiger partial charge in [-0.15, -0.1) is 0 Å². The van der Waals surface area contributed by atoms with Gasteiger partial charge in [-0.25, -0.2) is 0 Å². The average Bonchev–Trinajstić information content (AvgIpc) is 2.80. The number of carbonyl (C=O) groups excluding carboxylic acids is 1. The molecule has 0 bridgehead atoms. The first-order valence-electron chi connectivity index (χ1n) is 5.75. The fourth-order valence-corrected chi connectivity index (χ4v) is 2.77. The topological polar surface area (TPSA) is 73.3 Å². The first-order valence-corrected chi connectivity index (χ1v) is 7.12. The van der Waals surface area contributed by atoms with Gasteiger partial charge in [0.1, 0.15) is 6.10 Å². The van der Waals surface area contributed by atoms with E-state index < -0.39 is 12.2 Å². The zero-order valence-corrected chi connectivity index (χ0v) is 11.8. The van der Waals surface area contributed by atoms with Crippen LogP contribution in [0, 0.1) is 0 Å². The van der Waals surface area contributed by atoms with Gasteiger partial charge in [0.15, 0.2) is 5.12 Å². The summed E-state index contributed by atoms with van der Waals surface area (Å²) in [6.07, 6.45) is -0.479. The Hall–Kier alpha value is -1.01. The molecule has 6 heteroatoms.